The maximum Gasteiger partial charge on any atom is 0.287 e. The Kier molecular flexibility index (Phi) is 2.84. The van der Waals surface area contributed by atoms with Crippen LogP contribution in [0.2, 0.25) is 0 Å². The molecule has 2 aliphatic heterocycles. The fraction of sp³-hybridized carbons (Fsp3) is 0.900. The number of rotatable bonds is 1. The molecule has 4 atom stereocenters. The van der Waals surface area contributed by atoms with Gasteiger partial charge < -0.3 is 19.1 Å². The van der Waals surface area contributed by atoms with Crippen LogP contribution in [-0.4, -0.2) is 56.7 Å². The van der Waals surface area contributed by atoms with Gasteiger partial charge in [-0.25, -0.2) is 4.99 Å². The predicted molar refractivity (Wildman–Crippen MR) is 55.7 cm³/mol. The van der Waals surface area contributed by atoms with Gasteiger partial charge >= 0.3 is 0 Å². The quantitative estimate of drug-likeness (QED) is 0.635. The van der Waals surface area contributed by atoms with E-state index in [-0.39, 0.29) is 18.5 Å². The van der Waals surface area contributed by atoms with Crippen LogP contribution < -0.4 is 0 Å². The van der Waals surface area contributed by atoms with E-state index >= 15 is 0 Å². The minimum atomic E-state index is -0.291. The monoisotopic (exact) mass is 214 g/mol. The molecule has 0 aromatic rings. The van der Waals surface area contributed by atoms with Crippen molar-refractivity contribution in [3.05, 3.63) is 0 Å². The number of nitrogens with zero attached hydrogens (tertiary/aromatic N) is 2. The smallest absolute Gasteiger partial charge is 0.287 e. The SMILES string of the molecule is C/N=C1\O[C@H]2[C@H](OC)O[C@H](C)C[C@@H]2N1C. The first-order valence-corrected chi connectivity index (χ1v) is 5.22. The van der Waals surface area contributed by atoms with Crippen molar-refractivity contribution in [3.63, 3.8) is 0 Å². The summed E-state index contributed by atoms with van der Waals surface area (Å²) in [5.74, 6) is 0. The maximum atomic E-state index is 5.70. The van der Waals surface area contributed by atoms with Gasteiger partial charge in [-0.1, -0.05) is 0 Å². The zero-order valence-electron chi connectivity index (χ0n) is 9.64. The normalized spacial score (nSPS) is 42.9. The van der Waals surface area contributed by atoms with Gasteiger partial charge in [0, 0.05) is 21.2 Å². The fourth-order valence-corrected chi connectivity index (χ4v) is 2.28. The summed E-state index contributed by atoms with van der Waals surface area (Å²) in [6.45, 7) is 2.05. The highest BCUT2D eigenvalue weighted by molar-refractivity contribution is 5.76. The third-order valence-electron chi connectivity index (χ3n) is 3.05. The van der Waals surface area contributed by atoms with Gasteiger partial charge in [0.1, 0.15) is 0 Å². The average molecular weight is 214 g/mol. The lowest BCUT2D eigenvalue weighted by molar-refractivity contribution is -0.223. The van der Waals surface area contributed by atoms with Crippen molar-refractivity contribution in [1.29, 1.82) is 0 Å². The van der Waals surface area contributed by atoms with E-state index in [4.69, 9.17) is 14.2 Å². The molecule has 0 aromatic carbocycles. The van der Waals surface area contributed by atoms with E-state index in [1.54, 1.807) is 14.2 Å². The number of aliphatic imine (C=N–C) groups is 1. The Hall–Kier alpha value is -0.810. The highest BCUT2D eigenvalue weighted by atomic mass is 16.7. The minimum Gasteiger partial charge on any atom is -0.454 e. The van der Waals surface area contributed by atoms with E-state index in [0.717, 1.165) is 6.42 Å². The third-order valence-corrected chi connectivity index (χ3v) is 3.05. The minimum absolute atomic E-state index is 0.0603. The second kappa shape index (κ2) is 3.98. The summed E-state index contributed by atoms with van der Waals surface area (Å²) in [5.41, 5.74) is 0. The van der Waals surface area contributed by atoms with E-state index in [1.165, 1.54) is 0 Å². The van der Waals surface area contributed by atoms with E-state index in [2.05, 4.69) is 16.8 Å². The summed E-state index contributed by atoms with van der Waals surface area (Å²) in [7, 11) is 5.37. The highest BCUT2D eigenvalue weighted by Crippen LogP contribution is 2.31. The largest absolute Gasteiger partial charge is 0.454 e. The van der Waals surface area contributed by atoms with E-state index in [1.807, 2.05) is 7.05 Å². The molecule has 2 aliphatic rings. The van der Waals surface area contributed by atoms with Crippen LogP contribution in [0.15, 0.2) is 4.99 Å². The summed E-state index contributed by atoms with van der Waals surface area (Å²) in [4.78, 5) is 6.16. The molecule has 2 fully saturated rings. The van der Waals surface area contributed by atoms with Crippen LogP contribution in [0.5, 0.6) is 0 Å². The first-order valence-electron chi connectivity index (χ1n) is 5.22. The Morgan fingerprint density at radius 2 is 2.27 bits per heavy atom. The lowest BCUT2D eigenvalue weighted by Crippen LogP contribution is -2.49. The second-order valence-corrected chi connectivity index (χ2v) is 4.05. The van der Waals surface area contributed by atoms with Gasteiger partial charge in [-0.3, -0.25) is 0 Å². The van der Waals surface area contributed by atoms with Crippen molar-refractivity contribution in [2.24, 2.45) is 4.99 Å². The van der Waals surface area contributed by atoms with Gasteiger partial charge in [-0.05, 0) is 13.3 Å². The molecule has 0 aromatic heterocycles. The average Bonchev–Trinajstić information content (AvgIpc) is 2.55. The topological polar surface area (TPSA) is 43.3 Å². The maximum absolute atomic E-state index is 5.70. The van der Waals surface area contributed by atoms with Gasteiger partial charge in [-0.2, -0.15) is 0 Å². The van der Waals surface area contributed by atoms with Crippen LogP contribution in [0.4, 0.5) is 0 Å². The first kappa shape index (κ1) is 10.7. The Labute approximate surface area is 90.0 Å². The first-order chi connectivity index (χ1) is 7.17. The number of amidine groups is 1. The molecule has 5 heteroatoms. The molecule has 0 radical (unpaired) electrons. The molecule has 0 N–H and O–H groups in total. The second-order valence-electron chi connectivity index (χ2n) is 4.05. The molecule has 0 saturated carbocycles. The van der Waals surface area contributed by atoms with Crippen LogP contribution in [-0.2, 0) is 14.2 Å². The molecule has 0 bridgehead atoms. The molecule has 86 valence electrons. The Balaban J connectivity index is 2.19. The summed E-state index contributed by atoms with van der Waals surface area (Å²) in [5, 5.41) is 0. The number of likely N-dealkylation sites (N-methyl/N-ethyl adjacent to an activating group) is 1. The van der Waals surface area contributed by atoms with Gasteiger partial charge in [0.2, 0.25) is 0 Å². The van der Waals surface area contributed by atoms with E-state index in [9.17, 15) is 0 Å². The number of hydrogen-bond acceptors (Lipinski definition) is 4. The summed E-state index contributed by atoms with van der Waals surface area (Å²) in [6, 6.07) is 0.974. The van der Waals surface area contributed by atoms with Gasteiger partial charge in [0.15, 0.2) is 12.4 Å². The molecule has 0 amide bonds. The summed E-state index contributed by atoms with van der Waals surface area (Å²) in [6.07, 6.45) is 0.786. The number of methoxy groups -OCH3 is 1. The van der Waals surface area contributed by atoms with Gasteiger partial charge in [-0.15, -0.1) is 0 Å². The van der Waals surface area contributed by atoms with Gasteiger partial charge in [0.25, 0.3) is 6.02 Å². The van der Waals surface area contributed by atoms with Crippen molar-refractivity contribution in [1.82, 2.24) is 4.90 Å². The zero-order valence-corrected chi connectivity index (χ0v) is 9.64. The Morgan fingerprint density at radius 1 is 1.53 bits per heavy atom. The lowest BCUT2D eigenvalue weighted by atomic mass is 10.0. The zero-order chi connectivity index (χ0) is 11.0. The van der Waals surface area contributed by atoms with Crippen molar-refractivity contribution in [2.45, 2.75) is 37.9 Å². The van der Waals surface area contributed by atoms with Crippen LogP contribution in [0.1, 0.15) is 13.3 Å². The van der Waals surface area contributed by atoms with E-state index in [0.29, 0.717) is 12.1 Å². The van der Waals surface area contributed by atoms with Crippen molar-refractivity contribution >= 4 is 6.02 Å². The van der Waals surface area contributed by atoms with Crippen molar-refractivity contribution in [3.8, 4) is 0 Å². The molecule has 0 spiro atoms. The summed E-state index contributed by atoms with van der Waals surface area (Å²) < 4.78 is 16.7. The molecule has 0 aliphatic carbocycles. The molecule has 5 nitrogen and oxygen atoms in total. The molecule has 2 heterocycles. The van der Waals surface area contributed by atoms with Crippen LogP contribution >= 0.6 is 0 Å². The number of fused-ring (bicyclic) bond motifs is 1. The van der Waals surface area contributed by atoms with Gasteiger partial charge in [0.05, 0.1) is 12.1 Å². The van der Waals surface area contributed by atoms with Crippen molar-refractivity contribution < 1.29 is 14.2 Å². The fourth-order valence-electron chi connectivity index (χ4n) is 2.28. The highest BCUT2D eigenvalue weighted by Gasteiger charge is 2.47. The standard InChI is InChI=1S/C10H18N2O3/c1-6-5-7-8(9(13-4)14-6)15-10(11-2)12(7)3/h6-9H,5H2,1-4H3/b11-10-/t6-,7+,8-,9-/m1/s1. The Morgan fingerprint density at radius 3 is 2.87 bits per heavy atom. The Bertz CT molecular complexity index is 269. The predicted octanol–water partition coefficient (Wildman–Crippen LogP) is 0.453. The van der Waals surface area contributed by atoms with E-state index < -0.39 is 0 Å². The molecular weight excluding hydrogens is 196 g/mol. The third kappa shape index (κ3) is 1.70. The molecular formula is C10H18N2O3. The number of ether oxygens (including phenoxy) is 3. The molecule has 2 rings (SSSR count). The number of hydrogen-bond donors (Lipinski definition) is 0. The summed E-state index contributed by atoms with van der Waals surface area (Å²) >= 11 is 0. The van der Waals surface area contributed by atoms with Crippen LogP contribution in [0.3, 0.4) is 0 Å². The lowest BCUT2D eigenvalue weighted by Gasteiger charge is -2.35. The molecule has 15 heavy (non-hydrogen) atoms. The van der Waals surface area contributed by atoms with Crippen molar-refractivity contribution in [2.75, 3.05) is 21.2 Å². The van der Waals surface area contributed by atoms with Crippen LogP contribution in [0.25, 0.3) is 0 Å². The van der Waals surface area contributed by atoms with Crippen LogP contribution in [0, 0.1) is 0 Å². The molecule has 2 saturated heterocycles. The molecule has 0 unspecified atom stereocenters.